The second-order valence-electron chi connectivity index (χ2n) is 3.03. The first-order chi connectivity index (χ1) is 7.51. The van der Waals surface area contributed by atoms with Crippen LogP contribution in [0.2, 0.25) is 0 Å². The Kier molecular flexibility index (Phi) is 3.55. The van der Waals surface area contributed by atoms with Crippen LogP contribution in [0.1, 0.15) is 12.5 Å². The van der Waals surface area contributed by atoms with Crippen molar-refractivity contribution in [3.05, 3.63) is 32.6 Å². The van der Waals surface area contributed by atoms with Gasteiger partial charge in [-0.25, -0.2) is 13.6 Å². The minimum atomic E-state index is -2.82. The fourth-order valence-electron chi connectivity index (χ4n) is 1.26. The van der Waals surface area contributed by atoms with E-state index in [4.69, 9.17) is 5.26 Å². The molecular formula is C9H9F2N3O2. The van der Waals surface area contributed by atoms with Crippen LogP contribution in [0.4, 0.5) is 8.78 Å². The molecule has 1 aromatic rings. The molecule has 0 N–H and O–H groups in total. The highest BCUT2D eigenvalue weighted by Crippen LogP contribution is 1.94. The molecule has 0 aliphatic heterocycles. The minimum absolute atomic E-state index is 0.205. The highest BCUT2D eigenvalue weighted by Gasteiger charge is 2.14. The number of rotatable bonds is 3. The SMILES string of the molecule is CCn1cc(C#N)c(=O)n(CC(F)F)c1=O. The van der Waals surface area contributed by atoms with Crippen molar-refractivity contribution < 1.29 is 8.78 Å². The van der Waals surface area contributed by atoms with Crippen LogP contribution >= 0.6 is 0 Å². The largest absolute Gasteiger partial charge is 0.331 e. The molecule has 86 valence electrons. The van der Waals surface area contributed by atoms with E-state index in [1.54, 1.807) is 13.0 Å². The molecule has 0 unspecified atom stereocenters. The summed E-state index contributed by atoms with van der Waals surface area (Å²) in [5.41, 5.74) is -2.12. The first-order valence-corrected chi connectivity index (χ1v) is 4.53. The van der Waals surface area contributed by atoms with Gasteiger partial charge in [0.25, 0.3) is 12.0 Å². The average Bonchev–Trinajstić information content (AvgIpc) is 2.24. The first kappa shape index (κ1) is 12.1. The summed E-state index contributed by atoms with van der Waals surface area (Å²) in [6, 6.07) is 1.57. The van der Waals surface area contributed by atoms with Crippen LogP contribution in [0.3, 0.4) is 0 Å². The third-order valence-electron chi connectivity index (χ3n) is 2.02. The Morgan fingerprint density at radius 2 is 2.12 bits per heavy atom. The van der Waals surface area contributed by atoms with Crippen LogP contribution in [0.5, 0.6) is 0 Å². The van der Waals surface area contributed by atoms with E-state index in [-0.39, 0.29) is 12.1 Å². The average molecular weight is 229 g/mol. The minimum Gasteiger partial charge on any atom is -0.299 e. The monoisotopic (exact) mass is 229 g/mol. The van der Waals surface area contributed by atoms with Gasteiger partial charge < -0.3 is 0 Å². The number of hydrogen-bond donors (Lipinski definition) is 0. The van der Waals surface area contributed by atoms with Crippen LogP contribution < -0.4 is 11.2 Å². The Hall–Kier alpha value is -1.97. The summed E-state index contributed by atoms with van der Waals surface area (Å²) < 4.78 is 25.7. The summed E-state index contributed by atoms with van der Waals surface area (Å²) in [5, 5.41) is 8.62. The molecule has 0 fully saturated rings. The molecule has 0 amide bonds. The van der Waals surface area contributed by atoms with Crippen molar-refractivity contribution in [2.75, 3.05) is 0 Å². The lowest BCUT2D eigenvalue weighted by Gasteiger charge is -2.08. The zero-order valence-corrected chi connectivity index (χ0v) is 8.48. The standard InChI is InChI=1S/C9H9F2N3O2/c1-2-13-4-6(3-12)8(15)14(9(13)16)5-7(10)11/h4,7H,2,5H2,1H3. The van der Waals surface area contributed by atoms with E-state index in [0.29, 0.717) is 4.57 Å². The Bertz CT molecular complexity index is 539. The van der Waals surface area contributed by atoms with E-state index in [2.05, 4.69) is 0 Å². The maximum atomic E-state index is 12.2. The topological polar surface area (TPSA) is 67.8 Å². The summed E-state index contributed by atoms with van der Waals surface area (Å²) >= 11 is 0. The molecule has 16 heavy (non-hydrogen) atoms. The Balaban J connectivity index is 3.52. The fraction of sp³-hybridized carbons (Fsp3) is 0.444. The number of aromatic nitrogens is 2. The van der Waals surface area contributed by atoms with Gasteiger partial charge in [0.15, 0.2) is 0 Å². The predicted octanol–water partition coefficient (Wildman–Crippen LogP) is 0.167. The molecule has 1 aromatic heterocycles. The van der Waals surface area contributed by atoms with Gasteiger partial charge in [-0.2, -0.15) is 5.26 Å². The molecule has 7 heteroatoms. The van der Waals surface area contributed by atoms with Gasteiger partial charge in [-0.3, -0.25) is 13.9 Å². The van der Waals surface area contributed by atoms with E-state index >= 15 is 0 Å². The van der Waals surface area contributed by atoms with Crippen molar-refractivity contribution >= 4 is 0 Å². The molecule has 0 aliphatic carbocycles. The van der Waals surface area contributed by atoms with Crippen molar-refractivity contribution in [3.63, 3.8) is 0 Å². The van der Waals surface area contributed by atoms with Gasteiger partial charge in [0.2, 0.25) is 0 Å². The highest BCUT2D eigenvalue weighted by atomic mass is 19.3. The van der Waals surface area contributed by atoms with E-state index in [1.807, 2.05) is 0 Å². The summed E-state index contributed by atoms with van der Waals surface area (Å²) in [6.45, 7) is 0.823. The number of aryl methyl sites for hydroxylation is 1. The Labute approximate surface area is 89.2 Å². The van der Waals surface area contributed by atoms with E-state index < -0.39 is 24.2 Å². The predicted molar refractivity (Wildman–Crippen MR) is 51.4 cm³/mol. The highest BCUT2D eigenvalue weighted by molar-refractivity contribution is 5.22. The Morgan fingerprint density at radius 3 is 2.56 bits per heavy atom. The van der Waals surface area contributed by atoms with Crippen molar-refractivity contribution in [2.45, 2.75) is 26.4 Å². The maximum absolute atomic E-state index is 12.2. The Morgan fingerprint density at radius 1 is 1.50 bits per heavy atom. The van der Waals surface area contributed by atoms with Gasteiger partial charge in [-0.1, -0.05) is 0 Å². The number of nitrogens with zero attached hydrogens (tertiary/aromatic N) is 3. The van der Waals surface area contributed by atoms with Crippen LogP contribution in [-0.4, -0.2) is 15.6 Å². The molecule has 0 saturated carbocycles. The summed E-state index contributed by atoms with van der Waals surface area (Å²) in [7, 11) is 0. The van der Waals surface area contributed by atoms with Crippen LogP contribution in [0.25, 0.3) is 0 Å². The number of halogens is 2. The van der Waals surface area contributed by atoms with Crippen molar-refractivity contribution in [2.24, 2.45) is 0 Å². The number of alkyl halides is 2. The molecule has 0 aromatic carbocycles. The van der Waals surface area contributed by atoms with Crippen LogP contribution in [-0.2, 0) is 13.1 Å². The lowest BCUT2D eigenvalue weighted by Crippen LogP contribution is -2.42. The fourth-order valence-corrected chi connectivity index (χ4v) is 1.26. The molecule has 5 nitrogen and oxygen atoms in total. The van der Waals surface area contributed by atoms with Crippen LogP contribution in [0.15, 0.2) is 15.8 Å². The molecule has 0 bridgehead atoms. The quantitative estimate of drug-likeness (QED) is 0.741. The van der Waals surface area contributed by atoms with Gasteiger partial charge >= 0.3 is 5.69 Å². The number of hydrogen-bond acceptors (Lipinski definition) is 3. The van der Waals surface area contributed by atoms with E-state index in [9.17, 15) is 18.4 Å². The second-order valence-corrected chi connectivity index (χ2v) is 3.03. The molecule has 0 atom stereocenters. The summed E-state index contributed by atoms with van der Waals surface area (Å²) in [4.78, 5) is 22.9. The molecule has 0 saturated heterocycles. The third-order valence-corrected chi connectivity index (χ3v) is 2.02. The summed E-state index contributed by atoms with van der Waals surface area (Å²) in [6.07, 6.45) is -1.74. The first-order valence-electron chi connectivity index (χ1n) is 4.53. The van der Waals surface area contributed by atoms with Gasteiger partial charge in [0.1, 0.15) is 11.6 Å². The lowest BCUT2D eigenvalue weighted by molar-refractivity contribution is 0.122. The van der Waals surface area contributed by atoms with Gasteiger partial charge in [0.05, 0.1) is 6.54 Å². The van der Waals surface area contributed by atoms with Gasteiger partial charge in [-0.05, 0) is 6.92 Å². The van der Waals surface area contributed by atoms with Gasteiger partial charge in [-0.15, -0.1) is 0 Å². The third kappa shape index (κ3) is 2.16. The molecular weight excluding hydrogens is 220 g/mol. The molecule has 0 spiro atoms. The summed E-state index contributed by atoms with van der Waals surface area (Å²) in [5.74, 6) is 0. The second kappa shape index (κ2) is 4.70. The van der Waals surface area contributed by atoms with E-state index in [1.165, 1.54) is 0 Å². The van der Waals surface area contributed by atoms with Crippen LogP contribution in [0, 0.1) is 11.3 Å². The van der Waals surface area contributed by atoms with Gasteiger partial charge in [0, 0.05) is 12.7 Å². The maximum Gasteiger partial charge on any atom is 0.331 e. The lowest BCUT2D eigenvalue weighted by atomic mass is 10.3. The van der Waals surface area contributed by atoms with E-state index in [0.717, 1.165) is 10.8 Å². The zero-order chi connectivity index (χ0) is 12.3. The molecule has 0 radical (unpaired) electrons. The molecule has 1 heterocycles. The number of nitriles is 1. The van der Waals surface area contributed by atoms with Crippen molar-refractivity contribution in [1.82, 2.24) is 9.13 Å². The normalized spacial score (nSPS) is 10.4. The molecule has 0 aliphatic rings. The van der Waals surface area contributed by atoms with Crippen molar-refractivity contribution in [1.29, 1.82) is 5.26 Å². The van der Waals surface area contributed by atoms with Crippen molar-refractivity contribution in [3.8, 4) is 6.07 Å². The molecule has 1 rings (SSSR count). The smallest absolute Gasteiger partial charge is 0.299 e. The zero-order valence-electron chi connectivity index (χ0n) is 8.48.